The number of benzene rings is 1. The Morgan fingerprint density at radius 2 is 2.22 bits per heavy atom. The van der Waals surface area contributed by atoms with E-state index < -0.39 is 0 Å². The summed E-state index contributed by atoms with van der Waals surface area (Å²) in [6, 6.07) is 4.91. The maximum Gasteiger partial charge on any atom is 0.161 e. The van der Waals surface area contributed by atoms with Gasteiger partial charge in [-0.3, -0.25) is 4.99 Å². The van der Waals surface area contributed by atoms with Crippen LogP contribution in [0, 0.1) is 11.7 Å². The number of hydrogen-bond acceptors (Lipinski definition) is 3. The molecular weight excluding hydrogens is 271 g/mol. The van der Waals surface area contributed by atoms with Gasteiger partial charge in [-0.1, -0.05) is 29.8 Å². The number of hydrogen-bond donors (Lipinski definition) is 1. The average molecular weight is 285 g/mol. The Labute approximate surface area is 115 Å². The second kappa shape index (κ2) is 5.10. The smallest absolute Gasteiger partial charge is 0.161 e. The summed E-state index contributed by atoms with van der Waals surface area (Å²) in [7, 11) is 0. The molecule has 1 aliphatic carbocycles. The first-order chi connectivity index (χ1) is 8.70. The van der Waals surface area contributed by atoms with Crippen molar-refractivity contribution in [3.63, 3.8) is 0 Å². The van der Waals surface area contributed by atoms with E-state index in [1.807, 2.05) is 0 Å². The van der Waals surface area contributed by atoms with E-state index in [0.29, 0.717) is 16.8 Å². The highest BCUT2D eigenvalue weighted by Crippen LogP contribution is 2.35. The van der Waals surface area contributed by atoms with E-state index in [1.54, 1.807) is 17.8 Å². The summed E-state index contributed by atoms with van der Waals surface area (Å²) in [6.07, 6.45) is 3.75. The summed E-state index contributed by atoms with van der Waals surface area (Å²) in [5.41, 5.74) is 0.669. The number of nitrogens with zero attached hydrogens (tertiary/aromatic N) is 1. The molecule has 0 saturated heterocycles. The topological polar surface area (TPSA) is 24.4 Å². The molecule has 0 amide bonds. The van der Waals surface area contributed by atoms with Crippen LogP contribution in [0.15, 0.2) is 23.2 Å². The summed E-state index contributed by atoms with van der Waals surface area (Å²) >= 11 is 7.55. The van der Waals surface area contributed by atoms with E-state index >= 15 is 0 Å². The van der Waals surface area contributed by atoms with Crippen molar-refractivity contribution in [2.75, 3.05) is 11.1 Å². The minimum atomic E-state index is -0.329. The molecule has 5 heteroatoms. The molecule has 2 unspecified atom stereocenters. The normalized spacial score (nSPS) is 26.7. The molecule has 0 spiro atoms. The van der Waals surface area contributed by atoms with Crippen LogP contribution in [0.4, 0.5) is 10.1 Å². The number of rotatable bonds is 1. The molecule has 1 heterocycles. The fraction of sp³-hybridized carbons (Fsp3) is 0.462. The first kappa shape index (κ1) is 12.3. The zero-order valence-corrected chi connectivity index (χ0v) is 11.4. The third kappa shape index (κ3) is 2.64. The summed E-state index contributed by atoms with van der Waals surface area (Å²) in [5.74, 6) is 1.52. The van der Waals surface area contributed by atoms with Gasteiger partial charge in [0.15, 0.2) is 5.17 Å². The van der Waals surface area contributed by atoms with Crippen molar-refractivity contribution < 1.29 is 4.39 Å². The Kier molecular flexibility index (Phi) is 3.48. The minimum Gasteiger partial charge on any atom is -0.335 e. The second-order valence-corrected chi connectivity index (χ2v) is 6.23. The number of nitrogens with one attached hydrogen (secondary N) is 1. The van der Waals surface area contributed by atoms with Crippen molar-refractivity contribution in [1.82, 2.24) is 0 Å². The third-order valence-corrected chi connectivity index (χ3v) is 4.74. The highest BCUT2D eigenvalue weighted by Gasteiger charge is 2.30. The molecular formula is C13H14ClFN2S. The zero-order chi connectivity index (χ0) is 12.5. The molecule has 2 aliphatic rings. The minimum absolute atomic E-state index is 0.329. The molecule has 1 saturated carbocycles. The van der Waals surface area contributed by atoms with Gasteiger partial charge in [0.1, 0.15) is 5.82 Å². The summed E-state index contributed by atoms with van der Waals surface area (Å²) < 4.78 is 13.2. The zero-order valence-electron chi connectivity index (χ0n) is 9.83. The van der Waals surface area contributed by atoms with E-state index in [1.165, 1.54) is 31.4 Å². The van der Waals surface area contributed by atoms with Crippen molar-refractivity contribution in [2.45, 2.75) is 25.3 Å². The maximum absolute atomic E-state index is 13.2. The molecule has 0 radical (unpaired) electrons. The SMILES string of the molecule is Fc1cc(Cl)cc(NC2=NC3CCCC3CS2)c1. The van der Waals surface area contributed by atoms with Crippen LogP contribution in [0.3, 0.4) is 0 Å². The molecule has 1 fully saturated rings. The first-order valence-electron chi connectivity index (χ1n) is 6.14. The summed E-state index contributed by atoms with van der Waals surface area (Å²) in [6.45, 7) is 0. The lowest BCUT2D eigenvalue weighted by molar-refractivity contribution is 0.535. The molecule has 0 aromatic heterocycles. The number of halogens is 2. The van der Waals surface area contributed by atoms with Gasteiger partial charge >= 0.3 is 0 Å². The lowest BCUT2D eigenvalue weighted by Gasteiger charge is -2.23. The summed E-state index contributed by atoms with van der Waals surface area (Å²) in [4.78, 5) is 4.70. The van der Waals surface area contributed by atoms with E-state index in [2.05, 4.69) is 5.32 Å². The van der Waals surface area contributed by atoms with Gasteiger partial charge in [0.05, 0.1) is 6.04 Å². The van der Waals surface area contributed by atoms with Gasteiger partial charge in [-0.25, -0.2) is 4.39 Å². The van der Waals surface area contributed by atoms with Crippen molar-refractivity contribution in [3.8, 4) is 0 Å². The highest BCUT2D eigenvalue weighted by atomic mass is 35.5. The molecule has 96 valence electrons. The molecule has 18 heavy (non-hydrogen) atoms. The molecule has 1 aliphatic heterocycles. The average Bonchev–Trinajstić information content (AvgIpc) is 2.74. The first-order valence-corrected chi connectivity index (χ1v) is 7.51. The van der Waals surface area contributed by atoms with Crippen LogP contribution in [0.5, 0.6) is 0 Å². The molecule has 1 aromatic rings. The molecule has 2 nitrogen and oxygen atoms in total. The summed E-state index contributed by atoms with van der Waals surface area (Å²) in [5, 5.41) is 4.45. The van der Waals surface area contributed by atoms with Gasteiger partial charge in [0, 0.05) is 16.5 Å². The molecule has 3 rings (SSSR count). The number of amidine groups is 1. The van der Waals surface area contributed by atoms with Gasteiger partial charge in [-0.2, -0.15) is 0 Å². The quantitative estimate of drug-likeness (QED) is 0.837. The molecule has 1 aromatic carbocycles. The fourth-order valence-electron chi connectivity index (χ4n) is 2.57. The van der Waals surface area contributed by atoms with Gasteiger partial charge in [-0.15, -0.1) is 0 Å². The number of anilines is 1. The van der Waals surface area contributed by atoms with Crippen LogP contribution in [-0.4, -0.2) is 17.0 Å². The lowest BCUT2D eigenvalue weighted by Crippen LogP contribution is -2.25. The lowest BCUT2D eigenvalue weighted by atomic mass is 10.1. The van der Waals surface area contributed by atoms with Gasteiger partial charge in [0.2, 0.25) is 0 Å². The van der Waals surface area contributed by atoms with E-state index in [4.69, 9.17) is 16.6 Å². The van der Waals surface area contributed by atoms with Crippen molar-refractivity contribution in [3.05, 3.63) is 29.0 Å². The Morgan fingerprint density at radius 3 is 3.06 bits per heavy atom. The highest BCUT2D eigenvalue weighted by molar-refractivity contribution is 8.14. The maximum atomic E-state index is 13.2. The van der Waals surface area contributed by atoms with Crippen LogP contribution in [0.2, 0.25) is 5.02 Å². The van der Waals surface area contributed by atoms with Gasteiger partial charge in [-0.05, 0) is 37.0 Å². The predicted molar refractivity (Wildman–Crippen MR) is 76.1 cm³/mol. The van der Waals surface area contributed by atoms with Gasteiger partial charge in [0.25, 0.3) is 0 Å². The second-order valence-electron chi connectivity index (χ2n) is 4.79. The van der Waals surface area contributed by atoms with Crippen LogP contribution in [0.25, 0.3) is 0 Å². The van der Waals surface area contributed by atoms with E-state index in [-0.39, 0.29) is 5.82 Å². The number of thioether (sulfide) groups is 1. The fourth-order valence-corrected chi connectivity index (χ4v) is 3.96. The Morgan fingerprint density at radius 1 is 1.33 bits per heavy atom. The van der Waals surface area contributed by atoms with Crippen LogP contribution in [-0.2, 0) is 0 Å². The van der Waals surface area contributed by atoms with E-state index in [0.717, 1.165) is 16.8 Å². The number of fused-ring (bicyclic) bond motifs is 1. The third-order valence-electron chi connectivity index (χ3n) is 3.45. The van der Waals surface area contributed by atoms with Crippen LogP contribution >= 0.6 is 23.4 Å². The standard InChI is InChI=1S/C13H14ClFN2S/c14-9-4-10(15)6-11(5-9)16-13-17-12-3-1-2-8(12)7-18-13/h4-6,8,12H,1-3,7H2,(H,16,17). The Balaban J connectivity index is 1.76. The predicted octanol–water partition coefficient (Wildman–Crippen LogP) is 4.16. The van der Waals surface area contributed by atoms with Crippen LogP contribution in [0.1, 0.15) is 19.3 Å². The van der Waals surface area contributed by atoms with Gasteiger partial charge < -0.3 is 5.32 Å². The van der Waals surface area contributed by atoms with Crippen molar-refractivity contribution >= 4 is 34.2 Å². The largest absolute Gasteiger partial charge is 0.335 e. The Hall–Kier alpha value is -0.740. The van der Waals surface area contributed by atoms with Crippen molar-refractivity contribution in [2.24, 2.45) is 10.9 Å². The van der Waals surface area contributed by atoms with E-state index in [9.17, 15) is 4.39 Å². The molecule has 1 N–H and O–H groups in total. The number of aliphatic imine (C=N–C) groups is 1. The monoisotopic (exact) mass is 284 g/mol. The Bertz CT molecular complexity index is 472. The molecule has 0 bridgehead atoms. The van der Waals surface area contributed by atoms with Crippen molar-refractivity contribution in [1.29, 1.82) is 0 Å². The molecule has 2 atom stereocenters. The van der Waals surface area contributed by atoms with Crippen LogP contribution < -0.4 is 5.32 Å².